The highest BCUT2D eigenvalue weighted by Gasteiger charge is 2.35. The maximum atomic E-state index is 6.09. The predicted octanol–water partition coefficient (Wildman–Crippen LogP) is 3.50. The standard InChI is InChI=1S/C21H44N4O/c1-7-22-20(23-14-10-11-15-25(8-2)9-3)24-17-18-13-12-16-26-19(18)21(4,5)6/h18-19H,7-17H2,1-6H3,(H2,22,23,24). The van der Waals surface area contributed by atoms with E-state index in [1.165, 1.54) is 25.8 Å². The molecule has 26 heavy (non-hydrogen) atoms. The van der Waals surface area contributed by atoms with E-state index in [2.05, 4.69) is 57.1 Å². The molecule has 0 aromatic rings. The Balaban J connectivity index is 2.44. The molecule has 0 saturated carbocycles. The molecule has 0 aliphatic carbocycles. The van der Waals surface area contributed by atoms with E-state index in [0.717, 1.165) is 51.7 Å². The van der Waals surface area contributed by atoms with Crippen LogP contribution in [-0.4, -0.2) is 62.8 Å². The number of ether oxygens (including phenoxy) is 1. The molecule has 1 heterocycles. The molecule has 5 heteroatoms. The van der Waals surface area contributed by atoms with Crippen LogP contribution in [0.15, 0.2) is 4.99 Å². The van der Waals surface area contributed by atoms with Gasteiger partial charge in [0.05, 0.1) is 6.10 Å². The Bertz CT molecular complexity index is 388. The lowest BCUT2D eigenvalue weighted by Gasteiger charge is -2.39. The molecule has 0 aromatic carbocycles. The van der Waals surface area contributed by atoms with Gasteiger partial charge in [-0.3, -0.25) is 4.99 Å². The molecule has 5 nitrogen and oxygen atoms in total. The molecule has 154 valence electrons. The van der Waals surface area contributed by atoms with Crippen LogP contribution in [0.25, 0.3) is 0 Å². The second-order valence-corrected chi connectivity index (χ2v) is 8.44. The number of rotatable bonds is 10. The number of unbranched alkanes of at least 4 members (excludes halogenated alkanes) is 1. The average Bonchev–Trinajstić information content (AvgIpc) is 2.62. The van der Waals surface area contributed by atoms with E-state index in [0.29, 0.717) is 12.0 Å². The Morgan fingerprint density at radius 3 is 2.46 bits per heavy atom. The molecule has 2 N–H and O–H groups in total. The Labute approximate surface area is 162 Å². The molecular formula is C21H44N4O. The molecule has 1 fully saturated rings. The van der Waals surface area contributed by atoms with Crippen molar-refractivity contribution in [3.8, 4) is 0 Å². The third-order valence-corrected chi connectivity index (χ3v) is 5.21. The van der Waals surface area contributed by atoms with E-state index in [9.17, 15) is 0 Å². The number of guanidine groups is 1. The van der Waals surface area contributed by atoms with Crippen LogP contribution in [0.4, 0.5) is 0 Å². The monoisotopic (exact) mass is 368 g/mol. The lowest BCUT2D eigenvalue weighted by Crippen LogP contribution is -2.43. The van der Waals surface area contributed by atoms with Gasteiger partial charge in [0.25, 0.3) is 0 Å². The van der Waals surface area contributed by atoms with Crippen molar-refractivity contribution in [2.24, 2.45) is 16.3 Å². The van der Waals surface area contributed by atoms with Gasteiger partial charge in [-0.05, 0) is 57.7 Å². The number of nitrogens with one attached hydrogen (secondary N) is 2. The molecule has 0 amide bonds. The molecule has 1 aliphatic rings. The highest BCUT2D eigenvalue weighted by Crippen LogP contribution is 2.34. The van der Waals surface area contributed by atoms with Gasteiger partial charge >= 0.3 is 0 Å². The first-order chi connectivity index (χ1) is 12.4. The van der Waals surface area contributed by atoms with Gasteiger partial charge in [-0.1, -0.05) is 34.6 Å². The largest absolute Gasteiger partial charge is 0.377 e. The third kappa shape index (κ3) is 8.72. The highest BCUT2D eigenvalue weighted by molar-refractivity contribution is 5.79. The fraction of sp³-hybridized carbons (Fsp3) is 0.952. The SMILES string of the molecule is CCNC(=NCC1CCCOC1C(C)(C)C)NCCCCN(CC)CC. The summed E-state index contributed by atoms with van der Waals surface area (Å²) >= 11 is 0. The first kappa shape index (κ1) is 23.2. The van der Waals surface area contributed by atoms with Crippen molar-refractivity contribution in [2.75, 3.05) is 45.9 Å². The van der Waals surface area contributed by atoms with Crippen molar-refractivity contribution in [3.05, 3.63) is 0 Å². The fourth-order valence-corrected chi connectivity index (χ4v) is 3.74. The van der Waals surface area contributed by atoms with Crippen LogP contribution in [0.1, 0.15) is 67.2 Å². The summed E-state index contributed by atoms with van der Waals surface area (Å²) in [6.45, 7) is 20.5. The minimum absolute atomic E-state index is 0.177. The summed E-state index contributed by atoms with van der Waals surface area (Å²) in [7, 11) is 0. The molecule has 1 aliphatic heterocycles. The molecule has 2 unspecified atom stereocenters. The Morgan fingerprint density at radius 1 is 1.12 bits per heavy atom. The van der Waals surface area contributed by atoms with E-state index in [1.807, 2.05) is 0 Å². The smallest absolute Gasteiger partial charge is 0.191 e. The molecule has 1 rings (SSSR count). The number of aliphatic imine (C=N–C) groups is 1. The van der Waals surface area contributed by atoms with Crippen LogP contribution < -0.4 is 10.6 Å². The maximum absolute atomic E-state index is 6.09. The number of hydrogen-bond donors (Lipinski definition) is 2. The molecule has 2 atom stereocenters. The lowest BCUT2D eigenvalue weighted by molar-refractivity contribution is -0.0823. The van der Waals surface area contributed by atoms with Gasteiger partial charge in [0.15, 0.2) is 5.96 Å². The van der Waals surface area contributed by atoms with Gasteiger partial charge < -0.3 is 20.3 Å². The Hall–Kier alpha value is -0.810. The van der Waals surface area contributed by atoms with E-state index in [1.54, 1.807) is 0 Å². The minimum Gasteiger partial charge on any atom is -0.377 e. The van der Waals surface area contributed by atoms with E-state index < -0.39 is 0 Å². The van der Waals surface area contributed by atoms with E-state index in [4.69, 9.17) is 9.73 Å². The predicted molar refractivity (Wildman–Crippen MR) is 113 cm³/mol. The van der Waals surface area contributed by atoms with Crippen LogP contribution >= 0.6 is 0 Å². The van der Waals surface area contributed by atoms with Gasteiger partial charge in [0, 0.05) is 32.2 Å². The zero-order valence-electron chi connectivity index (χ0n) is 18.2. The topological polar surface area (TPSA) is 48.9 Å². The van der Waals surface area contributed by atoms with Crippen molar-refractivity contribution in [1.82, 2.24) is 15.5 Å². The van der Waals surface area contributed by atoms with Gasteiger partial charge in [-0.2, -0.15) is 0 Å². The van der Waals surface area contributed by atoms with Gasteiger partial charge in [-0.15, -0.1) is 0 Å². The van der Waals surface area contributed by atoms with Crippen molar-refractivity contribution >= 4 is 5.96 Å². The van der Waals surface area contributed by atoms with Crippen LogP contribution in [0.3, 0.4) is 0 Å². The van der Waals surface area contributed by atoms with Crippen molar-refractivity contribution in [3.63, 3.8) is 0 Å². The zero-order chi connectivity index (χ0) is 19.4. The summed E-state index contributed by atoms with van der Waals surface area (Å²) in [5, 5.41) is 6.89. The Morgan fingerprint density at radius 2 is 1.85 bits per heavy atom. The third-order valence-electron chi connectivity index (χ3n) is 5.21. The summed E-state index contributed by atoms with van der Waals surface area (Å²) < 4.78 is 6.09. The van der Waals surface area contributed by atoms with E-state index in [-0.39, 0.29) is 5.41 Å². The molecule has 0 radical (unpaired) electrons. The van der Waals surface area contributed by atoms with Crippen LogP contribution in [0, 0.1) is 11.3 Å². The van der Waals surface area contributed by atoms with Crippen molar-refractivity contribution in [1.29, 1.82) is 0 Å². The van der Waals surface area contributed by atoms with Crippen molar-refractivity contribution in [2.45, 2.75) is 73.3 Å². The van der Waals surface area contributed by atoms with Crippen LogP contribution in [0.2, 0.25) is 0 Å². The summed E-state index contributed by atoms with van der Waals surface area (Å²) in [5.41, 5.74) is 0.177. The quantitative estimate of drug-likeness (QED) is 0.352. The first-order valence-corrected chi connectivity index (χ1v) is 10.8. The van der Waals surface area contributed by atoms with Gasteiger partial charge in [-0.25, -0.2) is 0 Å². The average molecular weight is 369 g/mol. The summed E-state index contributed by atoms with van der Waals surface area (Å²) in [5.74, 6) is 1.47. The maximum Gasteiger partial charge on any atom is 0.191 e. The molecule has 0 spiro atoms. The minimum atomic E-state index is 0.177. The highest BCUT2D eigenvalue weighted by atomic mass is 16.5. The summed E-state index contributed by atoms with van der Waals surface area (Å²) in [6, 6.07) is 0. The normalized spacial score (nSPS) is 21.9. The van der Waals surface area contributed by atoms with E-state index >= 15 is 0 Å². The summed E-state index contributed by atoms with van der Waals surface area (Å²) in [4.78, 5) is 7.35. The lowest BCUT2D eigenvalue weighted by atomic mass is 9.78. The zero-order valence-corrected chi connectivity index (χ0v) is 18.2. The summed E-state index contributed by atoms with van der Waals surface area (Å²) in [6.07, 6.45) is 5.09. The van der Waals surface area contributed by atoms with Crippen molar-refractivity contribution < 1.29 is 4.74 Å². The fourth-order valence-electron chi connectivity index (χ4n) is 3.74. The van der Waals surface area contributed by atoms with Crippen LogP contribution in [-0.2, 0) is 4.74 Å². The molecule has 0 bridgehead atoms. The van der Waals surface area contributed by atoms with Crippen LogP contribution in [0.5, 0.6) is 0 Å². The number of hydrogen-bond acceptors (Lipinski definition) is 3. The van der Waals surface area contributed by atoms with Gasteiger partial charge in [0.1, 0.15) is 0 Å². The molecule has 1 saturated heterocycles. The molecular weight excluding hydrogens is 324 g/mol. The molecule has 0 aromatic heterocycles. The second-order valence-electron chi connectivity index (χ2n) is 8.44. The Kier molecular flexibility index (Phi) is 11.2. The second kappa shape index (κ2) is 12.6. The first-order valence-electron chi connectivity index (χ1n) is 10.8. The van der Waals surface area contributed by atoms with Gasteiger partial charge in [0.2, 0.25) is 0 Å². The number of nitrogens with zero attached hydrogens (tertiary/aromatic N) is 2.